The van der Waals surface area contributed by atoms with Gasteiger partial charge in [0.1, 0.15) is 31.0 Å². The van der Waals surface area contributed by atoms with Gasteiger partial charge in [-0.15, -0.1) is 6.58 Å². The van der Waals surface area contributed by atoms with Gasteiger partial charge in [0, 0.05) is 5.56 Å². The van der Waals surface area contributed by atoms with Crippen molar-refractivity contribution in [2.45, 2.75) is 56.9 Å². The molecule has 0 aromatic heterocycles. The number of fused-ring (bicyclic) bond motifs is 1. The molecule has 2 fully saturated rings. The van der Waals surface area contributed by atoms with E-state index in [0.29, 0.717) is 0 Å². The van der Waals surface area contributed by atoms with E-state index in [1.165, 1.54) is 6.08 Å². The molecule has 0 saturated carbocycles. The Morgan fingerprint density at radius 3 is 2.57 bits per heavy atom. The van der Waals surface area contributed by atoms with Gasteiger partial charge in [-0.2, -0.15) is 0 Å². The Bertz CT molecular complexity index is 849. The van der Waals surface area contributed by atoms with Crippen molar-refractivity contribution in [1.82, 2.24) is 5.32 Å². The molecule has 35 heavy (non-hydrogen) atoms. The number of esters is 1. The molecule has 7 atom stereocenters. The van der Waals surface area contributed by atoms with E-state index in [0.717, 1.165) is 5.56 Å². The third-order valence-corrected chi connectivity index (χ3v) is 5.39. The summed E-state index contributed by atoms with van der Waals surface area (Å²) in [6.45, 7) is 11.0. The summed E-state index contributed by atoms with van der Waals surface area (Å²) in [7, 11) is 0. The molecule has 0 radical (unpaired) electrons. The number of nitrogens with one attached hydrogen (secondary N) is 1. The number of rotatable bonds is 11. The third-order valence-electron chi connectivity index (χ3n) is 5.39. The monoisotopic (exact) mass is 491 g/mol. The molecule has 0 spiro atoms. The Hall–Kier alpha value is -2.76. The zero-order valence-electron chi connectivity index (χ0n) is 20.0. The Morgan fingerprint density at radius 1 is 1.14 bits per heavy atom. The molecular formula is C25H33NO9. The average Bonchev–Trinajstić information content (AvgIpc) is 2.87. The minimum absolute atomic E-state index is 0.00875. The van der Waals surface area contributed by atoms with Gasteiger partial charge in [0.05, 0.1) is 19.8 Å². The maximum atomic E-state index is 12.5. The molecule has 2 heterocycles. The molecule has 0 aliphatic carbocycles. The molecule has 10 heteroatoms. The molecule has 2 saturated heterocycles. The molecular weight excluding hydrogens is 458 g/mol. The summed E-state index contributed by atoms with van der Waals surface area (Å²) in [6, 6.07) is 8.51. The van der Waals surface area contributed by atoms with E-state index in [-0.39, 0.29) is 26.4 Å². The van der Waals surface area contributed by atoms with Crippen molar-refractivity contribution in [3.63, 3.8) is 0 Å². The molecule has 1 N–H and O–H groups in total. The van der Waals surface area contributed by atoms with Crippen molar-refractivity contribution in [2.24, 2.45) is 0 Å². The van der Waals surface area contributed by atoms with E-state index in [4.69, 9.17) is 33.2 Å². The predicted octanol–water partition coefficient (Wildman–Crippen LogP) is 2.65. The van der Waals surface area contributed by atoms with Crippen LogP contribution in [-0.4, -0.2) is 75.2 Å². The molecule has 2 aliphatic rings. The maximum absolute atomic E-state index is 12.5. The smallest absolute Gasteiger partial charge is 0.407 e. The van der Waals surface area contributed by atoms with Gasteiger partial charge in [-0.05, 0) is 13.8 Å². The molecule has 1 aromatic carbocycles. The van der Waals surface area contributed by atoms with Crippen LogP contribution in [0, 0.1) is 0 Å². The van der Waals surface area contributed by atoms with Gasteiger partial charge in [-0.1, -0.05) is 49.1 Å². The van der Waals surface area contributed by atoms with Gasteiger partial charge in [0.25, 0.3) is 0 Å². The van der Waals surface area contributed by atoms with E-state index >= 15 is 0 Å². The Kier molecular flexibility index (Phi) is 10.2. The van der Waals surface area contributed by atoms with Crippen molar-refractivity contribution in [3.8, 4) is 0 Å². The van der Waals surface area contributed by atoms with Crippen LogP contribution in [0.25, 0.3) is 0 Å². The van der Waals surface area contributed by atoms with Crippen LogP contribution in [0.3, 0.4) is 0 Å². The summed E-state index contributed by atoms with van der Waals surface area (Å²) in [4.78, 5) is 24.9. The highest BCUT2D eigenvalue weighted by Crippen LogP contribution is 2.36. The fourth-order valence-corrected chi connectivity index (χ4v) is 3.83. The van der Waals surface area contributed by atoms with Crippen LogP contribution in [0.1, 0.15) is 25.7 Å². The van der Waals surface area contributed by atoms with Gasteiger partial charge in [0.2, 0.25) is 0 Å². The van der Waals surface area contributed by atoms with Crippen LogP contribution in [0.4, 0.5) is 4.79 Å². The van der Waals surface area contributed by atoms with Gasteiger partial charge < -0.3 is 38.5 Å². The standard InChI is InChI=1S/C25H33NO9/c1-5-13-30-24-19(26-25(28)31-14-6-2)21(33-16(4)22(27)29-7-3)20-18(34-24)15-32-23(35-20)17-11-9-8-10-12-17/h5-6,8-12,16,18-21,23-24H,1-2,7,13-15H2,3-4H3,(H,26,28)/t16?,18-,19-,20-,21-,23?,24+/m1/s1. The second-order valence-electron chi connectivity index (χ2n) is 7.89. The minimum atomic E-state index is -0.953. The fraction of sp³-hybridized carbons (Fsp3) is 0.520. The first-order valence-corrected chi connectivity index (χ1v) is 11.5. The van der Waals surface area contributed by atoms with E-state index in [9.17, 15) is 9.59 Å². The van der Waals surface area contributed by atoms with Crippen molar-refractivity contribution in [2.75, 3.05) is 26.4 Å². The summed E-state index contributed by atoms with van der Waals surface area (Å²) < 4.78 is 40.4. The third kappa shape index (κ3) is 7.12. The molecule has 3 rings (SSSR count). The molecule has 0 bridgehead atoms. The molecule has 2 aliphatic heterocycles. The second kappa shape index (κ2) is 13.4. The first-order chi connectivity index (χ1) is 17.0. The normalized spacial score (nSPS) is 28.7. The highest BCUT2D eigenvalue weighted by atomic mass is 16.8. The first kappa shape index (κ1) is 26.8. The van der Waals surface area contributed by atoms with E-state index in [1.807, 2.05) is 30.3 Å². The summed E-state index contributed by atoms with van der Waals surface area (Å²) in [5.41, 5.74) is 0.808. The molecule has 1 aromatic rings. The van der Waals surface area contributed by atoms with Crippen molar-refractivity contribution < 1.29 is 42.7 Å². The largest absolute Gasteiger partial charge is 0.464 e. The maximum Gasteiger partial charge on any atom is 0.407 e. The highest BCUT2D eigenvalue weighted by Gasteiger charge is 2.52. The molecule has 192 valence electrons. The van der Waals surface area contributed by atoms with Crippen molar-refractivity contribution in [1.29, 1.82) is 0 Å². The van der Waals surface area contributed by atoms with Crippen LogP contribution in [-0.2, 0) is 38.0 Å². The van der Waals surface area contributed by atoms with Gasteiger partial charge in [-0.3, -0.25) is 0 Å². The summed E-state index contributed by atoms with van der Waals surface area (Å²) >= 11 is 0. The summed E-state index contributed by atoms with van der Waals surface area (Å²) in [5, 5.41) is 2.74. The molecule has 1 amide bonds. The fourth-order valence-electron chi connectivity index (χ4n) is 3.83. The van der Waals surface area contributed by atoms with Crippen LogP contribution >= 0.6 is 0 Å². The summed E-state index contributed by atoms with van der Waals surface area (Å²) in [5.74, 6) is -0.543. The Balaban J connectivity index is 1.89. The number of benzene rings is 1. The molecule has 2 unspecified atom stereocenters. The number of amides is 1. The van der Waals surface area contributed by atoms with Crippen molar-refractivity contribution >= 4 is 12.1 Å². The number of hydrogen-bond donors (Lipinski definition) is 1. The predicted molar refractivity (Wildman–Crippen MR) is 124 cm³/mol. The number of ether oxygens (including phenoxy) is 7. The average molecular weight is 492 g/mol. The van der Waals surface area contributed by atoms with E-state index in [1.54, 1.807) is 19.9 Å². The Morgan fingerprint density at radius 2 is 1.89 bits per heavy atom. The number of alkyl carbamates (subject to hydrolysis) is 1. The van der Waals surface area contributed by atoms with E-state index < -0.39 is 55.1 Å². The molecule has 10 nitrogen and oxygen atoms in total. The zero-order valence-corrected chi connectivity index (χ0v) is 20.0. The summed E-state index contributed by atoms with van der Waals surface area (Å²) in [6.07, 6.45) is -2.49. The highest BCUT2D eigenvalue weighted by molar-refractivity contribution is 5.74. The number of carbonyl (C=O) groups excluding carboxylic acids is 2. The number of carbonyl (C=O) groups is 2. The Labute approximate surface area is 205 Å². The lowest BCUT2D eigenvalue weighted by Crippen LogP contribution is -2.68. The van der Waals surface area contributed by atoms with Crippen molar-refractivity contribution in [3.05, 3.63) is 61.2 Å². The van der Waals surface area contributed by atoms with Crippen LogP contribution in [0.15, 0.2) is 55.6 Å². The van der Waals surface area contributed by atoms with Crippen LogP contribution in [0.2, 0.25) is 0 Å². The topological polar surface area (TPSA) is 111 Å². The second-order valence-corrected chi connectivity index (χ2v) is 7.89. The lowest BCUT2D eigenvalue weighted by molar-refractivity contribution is -0.349. The lowest BCUT2D eigenvalue weighted by atomic mass is 9.95. The quantitative estimate of drug-likeness (QED) is 0.369. The first-order valence-electron chi connectivity index (χ1n) is 11.5. The van der Waals surface area contributed by atoms with Gasteiger partial charge in [-0.25, -0.2) is 9.59 Å². The zero-order chi connectivity index (χ0) is 25.2. The SMILES string of the molecule is C=CCOC(=O)N[C@H]1[C@@H](OCC=C)O[C@@H]2COC(c3ccccc3)O[C@H]2[C@@H]1OC(C)C(=O)OCC. The number of hydrogen-bond acceptors (Lipinski definition) is 9. The van der Waals surface area contributed by atoms with E-state index in [2.05, 4.69) is 18.5 Å². The van der Waals surface area contributed by atoms with Crippen LogP contribution < -0.4 is 5.32 Å². The lowest BCUT2D eigenvalue weighted by Gasteiger charge is -2.49. The van der Waals surface area contributed by atoms with Crippen LogP contribution in [0.5, 0.6) is 0 Å². The minimum Gasteiger partial charge on any atom is -0.464 e. The van der Waals surface area contributed by atoms with Gasteiger partial charge >= 0.3 is 12.1 Å². The van der Waals surface area contributed by atoms with Gasteiger partial charge in [0.15, 0.2) is 18.7 Å².